The number of nitrogens with two attached hydrogens (primary N) is 2. The van der Waals surface area contributed by atoms with E-state index < -0.39 is 21.0 Å². The Morgan fingerprint density at radius 1 is 0.811 bits per heavy atom. The van der Waals surface area contributed by atoms with E-state index in [0.29, 0.717) is 22.3 Å². The average Bonchev–Trinajstić information content (AvgIpc) is 2.81. The van der Waals surface area contributed by atoms with Gasteiger partial charge in [0, 0.05) is 17.7 Å². The van der Waals surface area contributed by atoms with Crippen LogP contribution < -0.4 is 11.5 Å². The van der Waals surface area contributed by atoms with Gasteiger partial charge in [0.1, 0.15) is 0 Å². The van der Waals surface area contributed by atoms with E-state index in [1.54, 1.807) is 65.8 Å². The van der Waals surface area contributed by atoms with E-state index in [-0.39, 0.29) is 28.5 Å². The molecule has 0 fully saturated rings. The van der Waals surface area contributed by atoms with E-state index in [2.05, 4.69) is 4.99 Å². The van der Waals surface area contributed by atoms with Gasteiger partial charge in [-0.25, -0.2) is 0 Å². The SMILES string of the molecule is CC=C(C)c1cc(C)c(C(=O)Cl)cc1[N+](=O)[O-].CC=C(C)c1cc(C)c(C(=O)N=C(N)N)cc1[N+](=O)[O-]. The van der Waals surface area contributed by atoms with Gasteiger partial charge >= 0.3 is 0 Å². The number of carbonyl (C=O) groups excluding carboxylic acids is 2. The molecule has 0 aliphatic heterocycles. The van der Waals surface area contributed by atoms with Gasteiger partial charge in [-0.05, 0) is 87.5 Å². The summed E-state index contributed by atoms with van der Waals surface area (Å²) in [7, 11) is 0. The fourth-order valence-electron chi connectivity index (χ4n) is 3.26. The zero-order chi connectivity index (χ0) is 28.6. The predicted octanol–water partition coefficient (Wildman–Crippen LogP) is 5.45. The van der Waals surface area contributed by atoms with Crippen LogP contribution in [0, 0.1) is 34.1 Å². The molecule has 2 aromatic carbocycles. The fourth-order valence-corrected chi connectivity index (χ4v) is 3.46. The number of guanidine groups is 1. The minimum Gasteiger partial charge on any atom is -0.370 e. The summed E-state index contributed by atoms with van der Waals surface area (Å²) in [4.78, 5) is 47.4. The number of hydrogen-bond acceptors (Lipinski definition) is 6. The lowest BCUT2D eigenvalue weighted by molar-refractivity contribution is -0.385. The lowest BCUT2D eigenvalue weighted by Crippen LogP contribution is -2.24. The van der Waals surface area contributed by atoms with E-state index in [1.165, 1.54) is 12.1 Å². The van der Waals surface area contributed by atoms with Gasteiger partial charge in [-0.3, -0.25) is 29.8 Å². The van der Waals surface area contributed by atoms with Gasteiger partial charge in [0.05, 0.1) is 26.5 Å². The number of hydrogen-bond donors (Lipinski definition) is 2. The number of allylic oxidation sites excluding steroid dienone is 4. The van der Waals surface area contributed by atoms with Crippen molar-refractivity contribution in [2.24, 2.45) is 16.5 Å². The Morgan fingerprint density at radius 2 is 1.19 bits per heavy atom. The normalized spacial score (nSPS) is 11.2. The maximum absolute atomic E-state index is 11.8. The number of nitrogens with zero attached hydrogens (tertiary/aromatic N) is 3. The van der Waals surface area contributed by atoms with Gasteiger partial charge in [-0.1, -0.05) is 12.2 Å². The third-order valence-corrected chi connectivity index (χ3v) is 5.67. The second-order valence-corrected chi connectivity index (χ2v) is 8.28. The van der Waals surface area contributed by atoms with Crippen molar-refractivity contribution in [2.75, 3.05) is 0 Å². The number of nitro groups is 2. The third-order valence-electron chi connectivity index (χ3n) is 5.47. The summed E-state index contributed by atoms with van der Waals surface area (Å²) < 4.78 is 0. The first kappa shape index (κ1) is 30.7. The molecule has 0 atom stereocenters. The van der Waals surface area contributed by atoms with Crippen LogP contribution in [-0.2, 0) is 0 Å². The molecule has 0 spiro atoms. The number of amides is 1. The van der Waals surface area contributed by atoms with E-state index in [0.717, 1.165) is 11.1 Å². The summed E-state index contributed by atoms with van der Waals surface area (Å²) >= 11 is 5.37. The van der Waals surface area contributed by atoms with Crippen LogP contribution in [0.4, 0.5) is 11.4 Å². The summed E-state index contributed by atoms with van der Waals surface area (Å²) in [6.45, 7) is 10.5. The third kappa shape index (κ3) is 7.80. The van der Waals surface area contributed by atoms with Crippen molar-refractivity contribution in [3.63, 3.8) is 0 Å². The molecule has 2 aromatic rings. The molecular formula is C25H28ClN5O6. The molecule has 1 amide bonds. The Bertz CT molecular complexity index is 1360. The summed E-state index contributed by atoms with van der Waals surface area (Å²) in [6.07, 6.45) is 3.54. The van der Waals surface area contributed by atoms with Crippen LogP contribution in [0.1, 0.15) is 70.7 Å². The molecule has 11 nitrogen and oxygen atoms in total. The molecule has 0 bridgehead atoms. The Hall–Kier alpha value is -4.38. The zero-order valence-electron chi connectivity index (χ0n) is 21.3. The molecule has 196 valence electrons. The Kier molecular flexibility index (Phi) is 10.8. The summed E-state index contributed by atoms with van der Waals surface area (Å²) in [5, 5.41) is 21.4. The molecule has 37 heavy (non-hydrogen) atoms. The second-order valence-electron chi connectivity index (χ2n) is 7.94. The molecule has 4 N–H and O–H groups in total. The van der Waals surface area contributed by atoms with E-state index in [1.807, 2.05) is 0 Å². The van der Waals surface area contributed by atoms with Gasteiger partial charge in [0.2, 0.25) is 0 Å². The standard InChI is InChI=1S/C13H16N4O3.C12H12ClNO3/c1-4-7(2)9-5-8(3)10(6-11(9)17(19)20)12(18)16-13(14)15;1-4-7(2)9-5-8(3)10(12(13)15)6-11(9)14(16)17/h4-6H,1-3H3,(H4,14,15,16,18);4-6H,1-3H3. The number of aryl methyl sites for hydroxylation is 2. The number of carbonyl (C=O) groups is 2. The van der Waals surface area contributed by atoms with Gasteiger partial charge < -0.3 is 11.5 Å². The second kappa shape index (κ2) is 13.1. The zero-order valence-corrected chi connectivity index (χ0v) is 22.0. The van der Waals surface area contributed by atoms with E-state index in [9.17, 15) is 29.8 Å². The van der Waals surface area contributed by atoms with Gasteiger partial charge in [-0.2, -0.15) is 4.99 Å². The van der Waals surface area contributed by atoms with Gasteiger partial charge in [-0.15, -0.1) is 0 Å². The number of halogens is 1. The molecule has 0 aliphatic carbocycles. The molecular weight excluding hydrogens is 502 g/mol. The summed E-state index contributed by atoms with van der Waals surface area (Å²) in [5.41, 5.74) is 14.0. The highest BCUT2D eigenvalue weighted by Crippen LogP contribution is 2.31. The van der Waals surface area contributed by atoms with Crippen molar-refractivity contribution in [2.45, 2.75) is 41.5 Å². The number of aliphatic imine (C=N–C) groups is 1. The first-order valence-electron chi connectivity index (χ1n) is 10.8. The van der Waals surface area contributed by atoms with Gasteiger partial charge in [0.25, 0.3) is 22.5 Å². The maximum atomic E-state index is 11.8. The van der Waals surface area contributed by atoms with E-state index in [4.69, 9.17) is 23.1 Å². The maximum Gasteiger partial charge on any atom is 0.280 e. The van der Waals surface area contributed by atoms with Crippen LogP contribution in [0.2, 0.25) is 0 Å². The number of benzene rings is 2. The Morgan fingerprint density at radius 3 is 1.51 bits per heavy atom. The van der Waals surface area contributed by atoms with Crippen LogP contribution >= 0.6 is 11.6 Å². The molecule has 0 aromatic heterocycles. The number of rotatable bonds is 6. The van der Waals surface area contributed by atoms with Crippen molar-refractivity contribution in [1.82, 2.24) is 0 Å². The first-order valence-corrected chi connectivity index (χ1v) is 11.2. The lowest BCUT2D eigenvalue weighted by atomic mass is 9.98. The largest absolute Gasteiger partial charge is 0.370 e. The fraction of sp³-hybridized carbons (Fsp3) is 0.240. The average molecular weight is 530 g/mol. The van der Waals surface area contributed by atoms with E-state index >= 15 is 0 Å². The van der Waals surface area contributed by atoms with Crippen molar-refractivity contribution in [1.29, 1.82) is 0 Å². The van der Waals surface area contributed by atoms with Crippen molar-refractivity contribution >= 4 is 51.2 Å². The van der Waals surface area contributed by atoms with Crippen LogP contribution in [-0.4, -0.2) is 27.0 Å². The van der Waals surface area contributed by atoms with Crippen LogP contribution in [0.15, 0.2) is 41.4 Å². The topological polar surface area (TPSA) is 185 Å². The quantitative estimate of drug-likeness (QED) is 0.162. The van der Waals surface area contributed by atoms with Gasteiger partial charge in [0.15, 0.2) is 5.96 Å². The van der Waals surface area contributed by atoms with Crippen molar-refractivity contribution < 1.29 is 19.4 Å². The molecule has 12 heteroatoms. The highest BCUT2D eigenvalue weighted by molar-refractivity contribution is 6.68. The highest BCUT2D eigenvalue weighted by Gasteiger charge is 2.21. The Balaban J connectivity index is 0.000000375. The molecule has 0 heterocycles. The number of nitro benzene ring substituents is 2. The lowest BCUT2D eigenvalue weighted by Gasteiger charge is -2.08. The molecule has 0 radical (unpaired) electrons. The van der Waals surface area contributed by atoms with Crippen molar-refractivity contribution in [3.05, 3.63) is 90.0 Å². The molecule has 0 unspecified atom stereocenters. The molecule has 2 rings (SSSR count). The Labute approximate surface area is 218 Å². The molecule has 0 saturated carbocycles. The summed E-state index contributed by atoms with van der Waals surface area (Å²) in [5.74, 6) is -1.08. The minimum atomic E-state index is -0.699. The van der Waals surface area contributed by atoms with Crippen LogP contribution in [0.3, 0.4) is 0 Å². The van der Waals surface area contributed by atoms with Crippen molar-refractivity contribution in [3.8, 4) is 0 Å². The predicted molar refractivity (Wildman–Crippen MR) is 145 cm³/mol. The first-order chi connectivity index (χ1) is 17.2. The minimum absolute atomic E-state index is 0.102. The van der Waals surface area contributed by atoms with Crippen LogP contribution in [0.5, 0.6) is 0 Å². The highest BCUT2D eigenvalue weighted by atomic mass is 35.5. The van der Waals surface area contributed by atoms with Crippen LogP contribution in [0.25, 0.3) is 11.1 Å². The molecule has 0 aliphatic rings. The monoisotopic (exact) mass is 529 g/mol. The summed E-state index contributed by atoms with van der Waals surface area (Å²) in [6, 6.07) is 5.63. The molecule has 0 saturated heterocycles. The smallest absolute Gasteiger partial charge is 0.280 e.